The van der Waals surface area contributed by atoms with Crippen LogP contribution in [0.3, 0.4) is 0 Å². The van der Waals surface area contributed by atoms with Gasteiger partial charge in [0.2, 0.25) is 23.6 Å². The first-order valence-electron chi connectivity index (χ1n) is 18.8. The second-order valence-electron chi connectivity index (χ2n) is 14.1. The second kappa shape index (κ2) is 21.1. The highest BCUT2D eigenvalue weighted by atomic mass is 16.6. The number of carbonyl (C=O) groups excluding carboxylic acids is 5. The second-order valence-corrected chi connectivity index (χ2v) is 14.1. The maximum atomic E-state index is 13.6. The molecule has 0 radical (unpaired) electrons. The number of aliphatic carboxylic acids is 1. The molecule has 0 unspecified atom stereocenters. The van der Waals surface area contributed by atoms with E-state index >= 15 is 0 Å². The number of hydrogen-bond donors (Lipinski definition) is 6. The van der Waals surface area contributed by atoms with E-state index in [0.29, 0.717) is 49.0 Å². The van der Waals surface area contributed by atoms with Crippen LogP contribution in [-0.4, -0.2) is 107 Å². The van der Waals surface area contributed by atoms with E-state index in [1.807, 2.05) is 44.2 Å². The van der Waals surface area contributed by atoms with E-state index in [9.17, 15) is 33.9 Å². The average Bonchev–Trinajstić information content (AvgIpc) is 3.88. The van der Waals surface area contributed by atoms with Gasteiger partial charge in [-0.25, -0.2) is 9.59 Å². The predicted octanol–water partition coefficient (Wildman–Crippen LogP) is 2.46. The topological polar surface area (TPSA) is 264 Å². The van der Waals surface area contributed by atoms with Gasteiger partial charge in [0.1, 0.15) is 30.8 Å². The first kappa shape index (κ1) is 42.7. The van der Waals surface area contributed by atoms with Crippen LogP contribution >= 0.6 is 0 Å². The molecule has 2 saturated heterocycles. The van der Waals surface area contributed by atoms with Crippen LogP contribution in [-0.2, 0) is 35.3 Å². The third-order valence-electron chi connectivity index (χ3n) is 9.35. The minimum Gasteiger partial charge on any atom is -0.480 e. The van der Waals surface area contributed by atoms with Gasteiger partial charge in [0.05, 0.1) is 17.9 Å². The number of carbonyl (C=O) groups is 6. The van der Waals surface area contributed by atoms with Gasteiger partial charge in [-0.2, -0.15) is 10.2 Å². The molecule has 2 aliphatic heterocycles. The molecular weight excluding hydrogens is 724 g/mol. The Kier molecular flexibility index (Phi) is 16.1. The number of carboxylic acid groups (broad SMARTS) is 1. The van der Waals surface area contributed by atoms with Crippen molar-refractivity contribution in [3.8, 4) is 0 Å². The molecule has 5 amide bonds. The van der Waals surface area contributed by atoms with Crippen molar-refractivity contribution in [1.82, 2.24) is 25.8 Å². The summed E-state index contributed by atoms with van der Waals surface area (Å²) in [6.45, 7) is 3.96. The van der Waals surface area contributed by atoms with Gasteiger partial charge < -0.3 is 42.2 Å². The lowest BCUT2D eigenvalue weighted by molar-refractivity contribution is -0.144. The van der Waals surface area contributed by atoms with Gasteiger partial charge >= 0.3 is 12.1 Å². The molecule has 18 heteroatoms. The molecule has 0 aromatic heterocycles. The Labute approximate surface area is 325 Å². The van der Waals surface area contributed by atoms with E-state index in [4.69, 9.17) is 16.2 Å². The van der Waals surface area contributed by atoms with Gasteiger partial charge in [-0.15, -0.1) is 0 Å². The van der Waals surface area contributed by atoms with E-state index < -0.39 is 66.4 Å². The summed E-state index contributed by atoms with van der Waals surface area (Å²) in [5.41, 5.74) is 12.4. The van der Waals surface area contributed by atoms with Crippen molar-refractivity contribution in [2.45, 2.75) is 89.6 Å². The third kappa shape index (κ3) is 12.8. The molecular formula is C38H52N10O8. The van der Waals surface area contributed by atoms with E-state index in [1.54, 1.807) is 24.3 Å². The van der Waals surface area contributed by atoms with E-state index in [0.717, 1.165) is 0 Å². The number of benzene rings is 2. The molecule has 2 aliphatic rings. The van der Waals surface area contributed by atoms with Crippen molar-refractivity contribution in [3.05, 3.63) is 60.2 Å². The molecule has 4 rings (SSSR count). The SMILES string of the molecule is CC(C)C[C@H](NC(=O)[C@@H]1CCCN1C(=O)OCc1ccccc1N=Nc1ccccc1)C(=O)NCC(=O)N1CCC[C@H]1C(=O)N[C@H](CCCN=C(N)N)C(=O)O. The molecule has 0 bridgehead atoms. The molecule has 0 saturated carbocycles. The van der Waals surface area contributed by atoms with Crippen molar-refractivity contribution in [2.24, 2.45) is 32.6 Å². The predicted molar refractivity (Wildman–Crippen MR) is 206 cm³/mol. The Bertz CT molecular complexity index is 1750. The number of amides is 5. The molecule has 56 heavy (non-hydrogen) atoms. The van der Waals surface area contributed by atoms with Crippen molar-refractivity contribution < 1.29 is 38.6 Å². The van der Waals surface area contributed by atoms with Gasteiger partial charge in [0, 0.05) is 25.2 Å². The van der Waals surface area contributed by atoms with E-state index in [1.165, 1.54) is 9.80 Å². The number of likely N-dealkylation sites (tertiary alicyclic amines) is 2. The fourth-order valence-corrected chi connectivity index (χ4v) is 6.54. The Morgan fingerprint density at radius 1 is 0.857 bits per heavy atom. The summed E-state index contributed by atoms with van der Waals surface area (Å²) in [5, 5.41) is 26.0. The zero-order valence-corrected chi connectivity index (χ0v) is 31.8. The van der Waals surface area contributed by atoms with E-state index in [2.05, 4.69) is 31.2 Å². The summed E-state index contributed by atoms with van der Waals surface area (Å²) in [5.74, 6) is -3.63. The highest BCUT2D eigenvalue weighted by Crippen LogP contribution is 2.25. The average molecular weight is 777 g/mol. The molecule has 4 atom stereocenters. The van der Waals surface area contributed by atoms with Gasteiger partial charge in [-0.1, -0.05) is 50.2 Å². The summed E-state index contributed by atoms with van der Waals surface area (Å²) >= 11 is 0. The Balaban J connectivity index is 1.31. The fraction of sp³-hybridized carbons (Fsp3) is 0.500. The molecule has 2 aromatic carbocycles. The maximum absolute atomic E-state index is 13.6. The number of nitrogens with zero attached hydrogens (tertiary/aromatic N) is 5. The highest BCUT2D eigenvalue weighted by molar-refractivity contribution is 5.95. The Morgan fingerprint density at radius 3 is 2.14 bits per heavy atom. The van der Waals surface area contributed by atoms with Gasteiger partial charge in [0.25, 0.3) is 0 Å². The molecule has 2 heterocycles. The smallest absolute Gasteiger partial charge is 0.410 e. The highest BCUT2D eigenvalue weighted by Gasteiger charge is 2.38. The third-order valence-corrected chi connectivity index (χ3v) is 9.35. The normalized spacial score (nSPS) is 17.6. The van der Waals surface area contributed by atoms with Crippen LogP contribution in [0.15, 0.2) is 69.8 Å². The first-order chi connectivity index (χ1) is 26.8. The number of azo groups is 1. The van der Waals surface area contributed by atoms with Crippen LogP contribution < -0.4 is 27.4 Å². The van der Waals surface area contributed by atoms with Crippen LogP contribution in [0.4, 0.5) is 16.2 Å². The molecule has 8 N–H and O–H groups in total. The van der Waals surface area contributed by atoms with Crippen LogP contribution in [0.25, 0.3) is 0 Å². The van der Waals surface area contributed by atoms with Gasteiger partial charge in [-0.3, -0.25) is 29.1 Å². The lowest BCUT2D eigenvalue weighted by Gasteiger charge is -2.27. The van der Waals surface area contributed by atoms with Gasteiger partial charge in [-0.05, 0) is 69.1 Å². The first-order valence-corrected chi connectivity index (χ1v) is 18.8. The number of guanidine groups is 1. The zero-order valence-electron chi connectivity index (χ0n) is 31.8. The van der Waals surface area contributed by atoms with Crippen LogP contribution in [0.5, 0.6) is 0 Å². The standard InChI is InChI=1S/C38H52N10O8/c1-24(2)21-29(33(50)42-22-32(49)47-19-9-16-30(47)34(51)43-28(36(53)54)15-8-18-41-37(39)40)44-35(52)31-17-10-20-48(31)38(55)56-23-25-11-6-7-14-27(25)46-45-26-12-4-3-5-13-26/h3-7,11-14,24,28-31H,8-10,15-23H2,1-2H3,(H,42,50)(H,43,51)(H,44,52)(H,53,54)(H4,39,40,41)/t28-,29+,30+,31+/m1/s1. The van der Waals surface area contributed by atoms with Crippen LogP contribution in [0, 0.1) is 5.92 Å². The number of nitrogens with two attached hydrogens (primary N) is 2. The Morgan fingerprint density at radius 2 is 1.48 bits per heavy atom. The molecule has 2 aromatic rings. The summed E-state index contributed by atoms with van der Waals surface area (Å²) in [6, 6.07) is 12.3. The number of rotatable bonds is 18. The minimum atomic E-state index is -1.23. The number of hydrogen-bond acceptors (Lipinski definition) is 10. The summed E-state index contributed by atoms with van der Waals surface area (Å²) < 4.78 is 5.62. The molecule has 18 nitrogen and oxygen atoms in total. The maximum Gasteiger partial charge on any atom is 0.410 e. The van der Waals surface area contributed by atoms with Gasteiger partial charge in [0.15, 0.2) is 5.96 Å². The summed E-state index contributed by atoms with van der Waals surface area (Å²) in [7, 11) is 0. The summed E-state index contributed by atoms with van der Waals surface area (Å²) in [6.07, 6.45) is 1.72. The monoisotopic (exact) mass is 776 g/mol. The number of nitrogens with one attached hydrogen (secondary N) is 3. The lowest BCUT2D eigenvalue weighted by Crippen LogP contribution is -2.55. The number of carboxylic acids is 1. The number of aliphatic imine (C=N–C) groups is 1. The van der Waals surface area contributed by atoms with Crippen molar-refractivity contribution in [1.29, 1.82) is 0 Å². The molecule has 0 spiro atoms. The molecule has 0 aliphatic carbocycles. The van der Waals surface area contributed by atoms with Crippen molar-refractivity contribution in [2.75, 3.05) is 26.2 Å². The quantitative estimate of drug-likeness (QED) is 0.0557. The largest absolute Gasteiger partial charge is 0.480 e. The van der Waals surface area contributed by atoms with Crippen molar-refractivity contribution >= 4 is 53.0 Å². The molecule has 302 valence electrons. The number of ether oxygens (including phenoxy) is 1. The zero-order chi connectivity index (χ0) is 40.6. The van der Waals surface area contributed by atoms with E-state index in [-0.39, 0.29) is 51.0 Å². The fourth-order valence-electron chi connectivity index (χ4n) is 6.54. The van der Waals surface area contributed by atoms with Crippen LogP contribution in [0.1, 0.15) is 64.4 Å². The summed E-state index contributed by atoms with van der Waals surface area (Å²) in [4.78, 5) is 84.9. The lowest BCUT2D eigenvalue weighted by atomic mass is 10.0. The van der Waals surface area contributed by atoms with Crippen molar-refractivity contribution in [3.63, 3.8) is 0 Å². The minimum absolute atomic E-state index is 0.0150. The Hall–Kier alpha value is -6.07. The molecule has 2 fully saturated rings. The van der Waals surface area contributed by atoms with Crippen LogP contribution in [0.2, 0.25) is 0 Å².